The minimum atomic E-state index is 0.862. The Morgan fingerprint density at radius 1 is 0.793 bits per heavy atom. The average Bonchev–Trinajstić information content (AvgIpc) is 3.47. The molecule has 2 aliphatic carbocycles. The lowest BCUT2D eigenvalue weighted by Crippen LogP contribution is -2.07. The molecule has 0 radical (unpaired) electrons. The maximum Gasteiger partial charge on any atom is 0.160 e. The van der Waals surface area contributed by atoms with Gasteiger partial charge in [0.1, 0.15) is 0 Å². The summed E-state index contributed by atoms with van der Waals surface area (Å²) < 4.78 is 0. The van der Waals surface area contributed by atoms with Crippen molar-refractivity contribution in [2.45, 2.75) is 25.7 Å². The van der Waals surface area contributed by atoms with E-state index in [0.717, 1.165) is 36.8 Å². The molecule has 0 amide bonds. The summed E-state index contributed by atoms with van der Waals surface area (Å²) in [4.78, 5) is 18.3. The van der Waals surface area contributed by atoms with Crippen molar-refractivity contribution in [3.05, 3.63) is 72.6 Å². The minimum Gasteiger partial charge on any atom is -0.378 e. The summed E-state index contributed by atoms with van der Waals surface area (Å²) in [7, 11) is 4.13. The number of aldehydes is 1. The van der Waals surface area contributed by atoms with Crippen molar-refractivity contribution in [2.24, 2.45) is 0 Å². The Morgan fingerprint density at radius 3 is 1.97 bits per heavy atom. The van der Waals surface area contributed by atoms with Crippen molar-refractivity contribution in [2.75, 3.05) is 19.0 Å². The molecule has 2 aliphatic rings. The Hall–Kier alpha value is -2.43. The normalized spacial score (nSPS) is 17.7. The number of carbonyl (C=O) groups is 1. The van der Waals surface area contributed by atoms with Crippen molar-refractivity contribution < 1.29 is 4.79 Å². The van der Waals surface area contributed by atoms with Crippen molar-refractivity contribution in [1.82, 2.24) is 0 Å². The van der Waals surface area contributed by atoms with Crippen molar-refractivity contribution in [3.8, 4) is 0 Å². The Morgan fingerprint density at radius 2 is 1.38 bits per heavy atom. The number of hydrogen-bond donors (Lipinski definition) is 0. The van der Waals surface area contributed by atoms with E-state index >= 15 is 0 Å². The maximum absolute atomic E-state index is 11.2. The summed E-state index contributed by atoms with van der Waals surface area (Å²) >= 11 is 3.58. The van der Waals surface area contributed by atoms with Crippen LogP contribution in [0.15, 0.2) is 36.4 Å². The highest BCUT2D eigenvalue weighted by Gasteiger charge is 2.28. The Bertz CT molecular complexity index is 1140. The van der Waals surface area contributed by atoms with E-state index in [4.69, 9.17) is 0 Å². The second kappa shape index (κ2) is 7.43. The number of thiophene rings is 2. The van der Waals surface area contributed by atoms with Crippen LogP contribution < -0.4 is 4.90 Å². The van der Waals surface area contributed by atoms with Gasteiger partial charge in [-0.25, -0.2) is 0 Å². The molecule has 1 aromatic carbocycles. The highest BCUT2D eigenvalue weighted by atomic mass is 32.1. The molecule has 4 heteroatoms. The zero-order chi connectivity index (χ0) is 20.0. The van der Waals surface area contributed by atoms with E-state index in [9.17, 15) is 4.79 Å². The largest absolute Gasteiger partial charge is 0.378 e. The summed E-state index contributed by atoms with van der Waals surface area (Å²) in [5, 5.41) is 0. The smallest absolute Gasteiger partial charge is 0.160 e. The van der Waals surface area contributed by atoms with Gasteiger partial charge in [-0.3, -0.25) is 4.79 Å². The van der Waals surface area contributed by atoms with Gasteiger partial charge in [0.25, 0.3) is 0 Å². The molecule has 2 nitrogen and oxygen atoms in total. The van der Waals surface area contributed by atoms with Gasteiger partial charge in [-0.05, 0) is 83.9 Å². The molecule has 0 fully saturated rings. The molecule has 0 saturated carbocycles. The number of fused-ring (bicyclic) bond motifs is 2. The average molecular weight is 418 g/mol. The van der Waals surface area contributed by atoms with Crippen LogP contribution in [0.5, 0.6) is 0 Å². The first kappa shape index (κ1) is 18.6. The fourth-order valence-electron chi connectivity index (χ4n) is 4.31. The lowest BCUT2D eigenvalue weighted by Gasteiger charge is -2.11. The monoisotopic (exact) mass is 417 g/mol. The molecule has 0 aliphatic heterocycles. The van der Waals surface area contributed by atoms with E-state index in [0.29, 0.717) is 0 Å². The summed E-state index contributed by atoms with van der Waals surface area (Å²) in [5.74, 6) is 0. The van der Waals surface area contributed by atoms with Gasteiger partial charge in [0.15, 0.2) is 6.29 Å². The standard InChI is InChI=1S/C25H23NOS2/c1-26(2)19-8-3-16(4-9-19)5-10-20-13-17-6-11-22(24(17)28-20)23-12-7-18-14-21(15-27)29-25(18)23/h3-5,8-10,13-15H,6-7,11-12H2,1-2H3/b10-5+,23-22+. The molecule has 5 rings (SSSR count). The molecule has 2 heterocycles. The van der Waals surface area contributed by atoms with Crippen molar-refractivity contribution in [3.63, 3.8) is 0 Å². The molecule has 2 aromatic heterocycles. The van der Waals surface area contributed by atoms with E-state index in [2.05, 4.69) is 67.5 Å². The number of allylic oxidation sites excluding steroid dienone is 2. The molecule has 3 aromatic rings. The fourth-order valence-corrected chi connectivity index (χ4v) is 6.65. The highest BCUT2D eigenvalue weighted by Crippen LogP contribution is 2.48. The molecule has 146 valence electrons. The first-order valence-electron chi connectivity index (χ1n) is 10.0. The maximum atomic E-state index is 11.2. The predicted octanol–water partition coefficient (Wildman–Crippen LogP) is 6.66. The van der Waals surface area contributed by atoms with Crippen LogP contribution in [0.2, 0.25) is 0 Å². The Kier molecular flexibility index (Phi) is 4.76. The van der Waals surface area contributed by atoms with Crippen molar-refractivity contribution in [1.29, 1.82) is 0 Å². The van der Waals surface area contributed by atoms with Crippen molar-refractivity contribution >= 4 is 57.9 Å². The number of carbonyl (C=O) groups excluding carboxylic acids is 1. The van der Waals surface area contributed by atoms with Gasteiger partial charge in [-0.15, -0.1) is 22.7 Å². The van der Waals surface area contributed by atoms with E-state index < -0.39 is 0 Å². The van der Waals surface area contributed by atoms with Crippen LogP contribution in [-0.4, -0.2) is 20.4 Å². The Balaban J connectivity index is 1.42. The first-order chi connectivity index (χ1) is 14.1. The molecule has 29 heavy (non-hydrogen) atoms. The summed E-state index contributed by atoms with van der Waals surface area (Å²) in [5.41, 5.74) is 8.32. The molecular formula is C25H23NOS2. The third-order valence-corrected chi connectivity index (χ3v) is 8.19. The number of hydrogen-bond acceptors (Lipinski definition) is 4. The number of aryl methyl sites for hydroxylation is 2. The van der Waals surface area contributed by atoms with E-state index in [1.807, 2.05) is 11.3 Å². The minimum absolute atomic E-state index is 0.862. The number of rotatable bonds is 4. The summed E-state index contributed by atoms with van der Waals surface area (Å²) in [6, 6.07) is 13.1. The molecule has 0 spiro atoms. The van der Waals surface area contributed by atoms with Gasteiger partial charge >= 0.3 is 0 Å². The molecule has 0 atom stereocenters. The third-order valence-electron chi connectivity index (χ3n) is 5.82. The molecule has 0 bridgehead atoms. The molecule has 0 N–H and O–H groups in total. The Labute approximate surface area is 179 Å². The van der Waals surface area contributed by atoms with Crippen LogP contribution in [0.25, 0.3) is 23.3 Å². The van der Waals surface area contributed by atoms with E-state index in [1.54, 1.807) is 11.3 Å². The lowest BCUT2D eigenvalue weighted by molar-refractivity contribution is 0.112. The molecule has 0 saturated heterocycles. The number of anilines is 1. The molecule has 0 unspecified atom stereocenters. The van der Waals surface area contributed by atoms with Gasteiger partial charge in [-0.1, -0.05) is 18.2 Å². The van der Waals surface area contributed by atoms with Crippen LogP contribution in [0.4, 0.5) is 5.69 Å². The predicted molar refractivity (Wildman–Crippen MR) is 127 cm³/mol. The number of nitrogens with zero attached hydrogens (tertiary/aromatic N) is 1. The lowest BCUT2D eigenvalue weighted by atomic mass is 10.1. The number of benzene rings is 1. The van der Waals surface area contributed by atoms with E-state index in [-0.39, 0.29) is 0 Å². The topological polar surface area (TPSA) is 20.3 Å². The van der Waals surface area contributed by atoms with Crippen LogP contribution >= 0.6 is 22.7 Å². The van der Waals surface area contributed by atoms with Crippen LogP contribution in [-0.2, 0) is 12.8 Å². The van der Waals surface area contributed by atoms with Gasteiger partial charge in [0.05, 0.1) is 4.88 Å². The van der Waals surface area contributed by atoms with Gasteiger partial charge < -0.3 is 4.90 Å². The quantitative estimate of drug-likeness (QED) is 0.442. The fraction of sp³-hybridized carbons (Fsp3) is 0.240. The SMILES string of the molecule is CN(C)c1ccc(/C=C/c2cc3c(s2)/C(=C2\CCc4cc(C=O)sc42)CC3)cc1. The molecular weight excluding hydrogens is 394 g/mol. The first-order valence-corrected chi connectivity index (χ1v) is 11.6. The van der Waals surface area contributed by atoms with Crippen LogP contribution in [0.3, 0.4) is 0 Å². The van der Waals surface area contributed by atoms with Crippen LogP contribution in [0.1, 0.15) is 53.8 Å². The van der Waals surface area contributed by atoms with Gasteiger partial charge in [0, 0.05) is 34.4 Å². The third kappa shape index (κ3) is 3.41. The second-order valence-electron chi connectivity index (χ2n) is 7.90. The zero-order valence-corrected chi connectivity index (χ0v) is 18.3. The van der Waals surface area contributed by atoms with E-state index in [1.165, 1.54) is 48.2 Å². The van der Waals surface area contributed by atoms with Crippen LogP contribution in [0, 0.1) is 0 Å². The zero-order valence-electron chi connectivity index (χ0n) is 16.7. The second-order valence-corrected chi connectivity index (χ2v) is 10.1. The summed E-state index contributed by atoms with van der Waals surface area (Å²) in [6.07, 6.45) is 9.91. The van der Waals surface area contributed by atoms with Gasteiger partial charge in [0.2, 0.25) is 0 Å². The highest BCUT2D eigenvalue weighted by molar-refractivity contribution is 7.15. The van der Waals surface area contributed by atoms with Gasteiger partial charge in [-0.2, -0.15) is 0 Å². The summed E-state index contributed by atoms with van der Waals surface area (Å²) in [6.45, 7) is 0.